The van der Waals surface area contributed by atoms with E-state index in [-0.39, 0.29) is 12.5 Å². The van der Waals surface area contributed by atoms with Crippen molar-refractivity contribution in [1.82, 2.24) is 5.43 Å². The summed E-state index contributed by atoms with van der Waals surface area (Å²) >= 11 is 0. The van der Waals surface area contributed by atoms with E-state index >= 15 is 0 Å². The van der Waals surface area contributed by atoms with Crippen molar-refractivity contribution in [2.75, 3.05) is 13.7 Å². The molecule has 0 aliphatic heterocycles. The summed E-state index contributed by atoms with van der Waals surface area (Å²) in [4.78, 5) is 12.0. The summed E-state index contributed by atoms with van der Waals surface area (Å²) < 4.78 is 10.8. The van der Waals surface area contributed by atoms with Crippen molar-refractivity contribution in [3.63, 3.8) is 0 Å². The first-order valence-corrected chi connectivity index (χ1v) is 8.25. The normalized spacial score (nSPS) is 11.2. The smallest absolute Gasteiger partial charge is 0.277 e. The fraction of sp³-hybridized carbons (Fsp3) is 0.143. The molecule has 5 heteroatoms. The summed E-state index contributed by atoms with van der Waals surface area (Å²) in [6, 6.07) is 21.1. The Kier molecular flexibility index (Phi) is 5.49. The standard InChI is InChI=1S/C21H20N2O3/c1-15(16-10-12-18(25-2)13-11-16)22-23-21(24)14-26-20-9-5-7-17-6-3-4-8-19(17)20/h3-13H,14H2,1-2H3,(H,23,24). The molecule has 1 N–H and O–H groups in total. The predicted molar refractivity (Wildman–Crippen MR) is 103 cm³/mol. The summed E-state index contributed by atoms with van der Waals surface area (Å²) in [5, 5.41) is 6.16. The van der Waals surface area contributed by atoms with Crippen molar-refractivity contribution in [2.45, 2.75) is 6.92 Å². The van der Waals surface area contributed by atoms with E-state index in [9.17, 15) is 4.79 Å². The largest absolute Gasteiger partial charge is 0.497 e. The molecule has 5 nitrogen and oxygen atoms in total. The van der Waals surface area contributed by atoms with Gasteiger partial charge in [0.05, 0.1) is 12.8 Å². The average Bonchev–Trinajstić information content (AvgIpc) is 2.70. The Morgan fingerprint density at radius 1 is 1.00 bits per heavy atom. The van der Waals surface area contributed by atoms with Crippen LogP contribution >= 0.6 is 0 Å². The zero-order valence-electron chi connectivity index (χ0n) is 14.7. The van der Waals surface area contributed by atoms with E-state index < -0.39 is 0 Å². The Morgan fingerprint density at radius 2 is 1.73 bits per heavy atom. The highest BCUT2D eigenvalue weighted by molar-refractivity contribution is 5.99. The Labute approximate surface area is 152 Å². The molecule has 132 valence electrons. The lowest BCUT2D eigenvalue weighted by molar-refractivity contribution is -0.123. The van der Waals surface area contributed by atoms with Gasteiger partial charge in [-0.2, -0.15) is 5.10 Å². The fourth-order valence-corrected chi connectivity index (χ4v) is 2.54. The molecule has 1 amide bonds. The van der Waals surface area contributed by atoms with E-state index in [0.29, 0.717) is 11.5 Å². The molecule has 0 radical (unpaired) electrons. The molecule has 0 heterocycles. The Balaban J connectivity index is 1.59. The number of carbonyl (C=O) groups excluding carboxylic acids is 1. The molecule has 0 saturated heterocycles. The molecule has 0 bridgehead atoms. The zero-order valence-corrected chi connectivity index (χ0v) is 14.7. The number of nitrogens with one attached hydrogen (secondary N) is 1. The van der Waals surface area contributed by atoms with E-state index in [2.05, 4.69) is 10.5 Å². The highest BCUT2D eigenvalue weighted by Crippen LogP contribution is 2.24. The van der Waals surface area contributed by atoms with Crippen LogP contribution in [0.3, 0.4) is 0 Å². The van der Waals surface area contributed by atoms with Crippen molar-refractivity contribution in [1.29, 1.82) is 0 Å². The van der Waals surface area contributed by atoms with Crippen LogP contribution in [0.1, 0.15) is 12.5 Å². The number of methoxy groups -OCH3 is 1. The molecule has 0 atom stereocenters. The summed E-state index contributed by atoms with van der Waals surface area (Å²) in [5.41, 5.74) is 4.12. The van der Waals surface area contributed by atoms with Crippen molar-refractivity contribution >= 4 is 22.4 Å². The number of hydrogen-bond acceptors (Lipinski definition) is 4. The topological polar surface area (TPSA) is 59.9 Å². The number of benzene rings is 3. The van der Waals surface area contributed by atoms with Gasteiger partial charge in [-0.25, -0.2) is 5.43 Å². The van der Waals surface area contributed by atoms with Gasteiger partial charge in [0, 0.05) is 5.39 Å². The number of amides is 1. The van der Waals surface area contributed by atoms with Gasteiger partial charge in [-0.05, 0) is 48.2 Å². The number of nitrogens with zero attached hydrogens (tertiary/aromatic N) is 1. The van der Waals surface area contributed by atoms with Gasteiger partial charge in [-0.3, -0.25) is 4.79 Å². The molecular weight excluding hydrogens is 328 g/mol. The molecule has 0 aliphatic rings. The van der Waals surface area contributed by atoms with Crippen LogP contribution in [0.25, 0.3) is 10.8 Å². The van der Waals surface area contributed by atoms with Crippen LogP contribution in [-0.2, 0) is 4.79 Å². The molecule has 0 aliphatic carbocycles. The third kappa shape index (κ3) is 4.19. The van der Waals surface area contributed by atoms with Gasteiger partial charge < -0.3 is 9.47 Å². The molecule has 3 rings (SSSR count). The lowest BCUT2D eigenvalue weighted by Crippen LogP contribution is -2.25. The summed E-state index contributed by atoms with van der Waals surface area (Å²) in [7, 11) is 1.62. The first kappa shape index (κ1) is 17.5. The van der Waals surface area contributed by atoms with Gasteiger partial charge >= 0.3 is 0 Å². The number of hydrogen-bond donors (Lipinski definition) is 1. The molecule has 26 heavy (non-hydrogen) atoms. The van der Waals surface area contributed by atoms with Crippen LogP contribution in [0.5, 0.6) is 11.5 Å². The molecule has 0 unspecified atom stereocenters. The lowest BCUT2D eigenvalue weighted by Gasteiger charge is -2.09. The first-order valence-electron chi connectivity index (χ1n) is 8.25. The number of ether oxygens (including phenoxy) is 2. The van der Waals surface area contributed by atoms with Gasteiger partial charge in [0.15, 0.2) is 6.61 Å². The van der Waals surface area contributed by atoms with Gasteiger partial charge in [-0.1, -0.05) is 36.4 Å². The Hall–Kier alpha value is -3.34. The minimum Gasteiger partial charge on any atom is -0.497 e. The van der Waals surface area contributed by atoms with E-state index in [0.717, 1.165) is 22.1 Å². The molecule has 0 aromatic heterocycles. The second kappa shape index (κ2) is 8.16. The van der Waals surface area contributed by atoms with Crippen LogP contribution in [0.4, 0.5) is 0 Å². The van der Waals surface area contributed by atoms with Crippen molar-refractivity contribution in [3.05, 3.63) is 72.3 Å². The highest BCUT2D eigenvalue weighted by Gasteiger charge is 2.06. The molecular formula is C21H20N2O3. The summed E-state index contributed by atoms with van der Waals surface area (Å²) in [5.74, 6) is 1.13. The van der Waals surface area contributed by atoms with Crippen molar-refractivity contribution in [3.8, 4) is 11.5 Å². The second-order valence-corrected chi connectivity index (χ2v) is 5.73. The maximum Gasteiger partial charge on any atom is 0.277 e. The first-order chi connectivity index (χ1) is 12.7. The molecule has 0 fully saturated rings. The van der Waals surface area contributed by atoms with Crippen LogP contribution in [0.15, 0.2) is 71.8 Å². The van der Waals surface area contributed by atoms with Crippen LogP contribution < -0.4 is 14.9 Å². The number of carbonyl (C=O) groups is 1. The quantitative estimate of drug-likeness (QED) is 0.545. The van der Waals surface area contributed by atoms with E-state index in [4.69, 9.17) is 9.47 Å². The van der Waals surface area contributed by atoms with Gasteiger partial charge in [-0.15, -0.1) is 0 Å². The molecule has 0 saturated carbocycles. The minimum absolute atomic E-state index is 0.104. The summed E-state index contributed by atoms with van der Waals surface area (Å²) in [6.45, 7) is 1.72. The monoisotopic (exact) mass is 348 g/mol. The van der Waals surface area contributed by atoms with Crippen molar-refractivity contribution in [2.24, 2.45) is 5.10 Å². The third-order valence-corrected chi connectivity index (χ3v) is 3.96. The molecule has 3 aromatic rings. The molecule has 3 aromatic carbocycles. The number of fused-ring (bicyclic) bond motifs is 1. The Morgan fingerprint density at radius 3 is 2.50 bits per heavy atom. The SMILES string of the molecule is COc1ccc(C(C)=NNC(=O)COc2cccc3ccccc23)cc1. The predicted octanol–water partition coefficient (Wildman–Crippen LogP) is 3.77. The summed E-state index contributed by atoms with van der Waals surface area (Å²) in [6.07, 6.45) is 0. The zero-order chi connectivity index (χ0) is 18.4. The van der Waals surface area contributed by atoms with Crippen LogP contribution in [0.2, 0.25) is 0 Å². The maximum absolute atomic E-state index is 12.0. The van der Waals surface area contributed by atoms with E-state index in [1.165, 1.54) is 0 Å². The maximum atomic E-state index is 12.0. The van der Waals surface area contributed by atoms with E-state index in [1.54, 1.807) is 7.11 Å². The minimum atomic E-state index is -0.314. The van der Waals surface area contributed by atoms with Gasteiger partial charge in [0.2, 0.25) is 0 Å². The number of rotatable bonds is 6. The highest BCUT2D eigenvalue weighted by atomic mass is 16.5. The fourth-order valence-electron chi connectivity index (χ4n) is 2.54. The van der Waals surface area contributed by atoms with Gasteiger partial charge in [0.1, 0.15) is 11.5 Å². The average molecular weight is 348 g/mol. The third-order valence-electron chi connectivity index (χ3n) is 3.96. The van der Waals surface area contributed by atoms with E-state index in [1.807, 2.05) is 73.7 Å². The van der Waals surface area contributed by atoms with Crippen LogP contribution in [-0.4, -0.2) is 25.3 Å². The number of hydrazone groups is 1. The van der Waals surface area contributed by atoms with Crippen molar-refractivity contribution < 1.29 is 14.3 Å². The van der Waals surface area contributed by atoms with Crippen LogP contribution in [0, 0.1) is 0 Å². The van der Waals surface area contributed by atoms with Gasteiger partial charge in [0.25, 0.3) is 5.91 Å². The lowest BCUT2D eigenvalue weighted by atomic mass is 10.1. The Bertz CT molecular complexity index is 928. The second-order valence-electron chi connectivity index (χ2n) is 5.73. The molecule has 0 spiro atoms.